The Hall–Kier alpha value is -2.42. The molecule has 0 aliphatic rings. The zero-order valence-electron chi connectivity index (χ0n) is 10.1. The van der Waals surface area contributed by atoms with E-state index in [0.29, 0.717) is 0 Å². The number of H-pyrrole nitrogens is 1. The highest BCUT2D eigenvalue weighted by molar-refractivity contribution is 5.80. The van der Waals surface area contributed by atoms with Gasteiger partial charge in [-0.1, -0.05) is 54.1 Å². The van der Waals surface area contributed by atoms with E-state index in [9.17, 15) is 0 Å². The SMILES string of the molecule is Cc1ccc(-c2ccccc2-c2ncn[nH]2)cc1. The van der Waals surface area contributed by atoms with Crippen molar-refractivity contribution in [2.45, 2.75) is 6.92 Å². The summed E-state index contributed by atoms with van der Waals surface area (Å²) in [5.74, 6) is 0.797. The molecule has 0 saturated carbocycles. The van der Waals surface area contributed by atoms with Crippen molar-refractivity contribution in [3.05, 3.63) is 60.4 Å². The van der Waals surface area contributed by atoms with Crippen LogP contribution in [0.25, 0.3) is 22.5 Å². The summed E-state index contributed by atoms with van der Waals surface area (Å²) in [7, 11) is 0. The van der Waals surface area contributed by atoms with Crippen LogP contribution in [0.1, 0.15) is 5.56 Å². The molecule has 0 saturated heterocycles. The molecule has 0 atom stereocenters. The highest BCUT2D eigenvalue weighted by Gasteiger charge is 2.08. The zero-order valence-corrected chi connectivity index (χ0v) is 10.1. The van der Waals surface area contributed by atoms with Crippen LogP contribution in [0.5, 0.6) is 0 Å². The lowest BCUT2D eigenvalue weighted by atomic mass is 9.98. The molecule has 1 aromatic heterocycles. The average molecular weight is 235 g/mol. The van der Waals surface area contributed by atoms with Gasteiger partial charge in [-0.25, -0.2) is 4.98 Å². The van der Waals surface area contributed by atoms with E-state index in [1.807, 2.05) is 12.1 Å². The van der Waals surface area contributed by atoms with Crippen molar-refractivity contribution >= 4 is 0 Å². The summed E-state index contributed by atoms with van der Waals surface area (Å²) in [4.78, 5) is 4.22. The lowest BCUT2D eigenvalue weighted by Gasteiger charge is -2.07. The van der Waals surface area contributed by atoms with Gasteiger partial charge in [-0.05, 0) is 18.1 Å². The van der Waals surface area contributed by atoms with Gasteiger partial charge < -0.3 is 0 Å². The molecular weight excluding hydrogens is 222 g/mol. The van der Waals surface area contributed by atoms with Crippen molar-refractivity contribution in [2.24, 2.45) is 0 Å². The Bertz CT molecular complexity index is 640. The Morgan fingerprint density at radius 1 is 0.889 bits per heavy atom. The van der Waals surface area contributed by atoms with Gasteiger partial charge in [0.2, 0.25) is 0 Å². The molecule has 0 amide bonds. The van der Waals surface area contributed by atoms with Gasteiger partial charge in [-0.3, -0.25) is 5.10 Å². The van der Waals surface area contributed by atoms with Gasteiger partial charge in [0.15, 0.2) is 5.82 Å². The molecule has 18 heavy (non-hydrogen) atoms. The number of aromatic nitrogens is 3. The molecule has 88 valence electrons. The Kier molecular flexibility index (Phi) is 2.65. The Balaban J connectivity index is 2.15. The molecule has 0 fully saturated rings. The van der Waals surface area contributed by atoms with E-state index in [2.05, 4.69) is 58.5 Å². The number of aromatic amines is 1. The van der Waals surface area contributed by atoms with E-state index >= 15 is 0 Å². The van der Waals surface area contributed by atoms with E-state index < -0.39 is 0 Å². The van der Waals surface area contributed by atoms with Crippen molar-refractivity contribution in [1.29, 1.82) is 0 Å². The van der Waals surface area contributed by atoms with E-state index in [1.165, 1.54) is 17.5 Å². The maximum absolute atomic E-state index is 4.22. The van der Waals surface area contributed by atoms with Crippen LogP contribution in [0, 0.1) is 6.92 Å². The minimum Gasteiger partial charge on any atom is -0.259 e. The van der Waals surface area contributed by atoms with Gasteiger partial charge in [0.1, 0.15) is 6.33 Å². The fourth-order valence-electron chi connectivity index (χ4n) is 2.01. The van der Waals surface area contributed by atoms with Crippen LogP contribution in [-0.2, 0) is 0 Å². The summed E-state index contributed by atoms with van der Waals surface area (Å²) in [6.45, 7) is 2.09. The lowest BCUT2D eigenvalue weighted by Crippen LogP contribution is -1.87. The Morgan fingerprint density at radius 3 is 2.28 bits per heavy atom. The third kappa shape index (κ3) is 1.91. The van der Waals surface area contributed by atoms with Crippen LogP contribution >= 0.6 is 0 Å². The number of rotatable bonds is 2. The highest BCUT2D eigenvalue weighted by Crippen LogP contribution is 2.29. The van der Waals surface area contributed by atoms with Crippen molar-refractivity contribution in [3.63, 3.8) is 0 Å². The number of hydrogen-bond donors (Lipinski definition) is 1. The van der Waals surface area contributed by atoms with Gasteiger partial charge in [-0.2, -0.15) is 5.10 Å². The summed E-state index contributed by atoms with van der Waals surface area (Å²) in [6.07, 6.45) is 1.53. The molecule has 3 aromatic rings. The second kappa shape index (κ2) is 4.45. The van der Waals surface area contributed by atoms with Gasteiger partial charge in [0, 0.05) is 5.56 Å². The molecule has 0 aliphatic carbocycles. The smallest absolute Gasteiger partial charge is 0.156 e. The first-order chi connectivity index (χ1) is 8.84. The van der Waals surface area contributed by atoms with E-state index in [4.69, 9.17) is 0 Å². The molecule has 0 bridgehead atoms. The maximum atomic E-state index is 4.22. The first-order valence-electron chi connectivity index (χ1n) is 5.86. The molecule has 1 heterocycles. The normalized spacial score (nSPS) is 10.5. The minimum absolute atomic E-state index is 0.797. The molecule has 3 rings (SSSR count). The van der Waals surface area contributed by atoms with Crippen LogP contribution in [0.3, 0.4) is 0 Å². The van der Waals surface area contributed by atoms with Crippen molar-refractivity contribution < 1.29 is 0 Å². The standard InChI is InChI=1S/C15H13N3/c1-11-6-8-12(9-7-11)13-4-2-3-5-14(13)15-16-10-17-18-15/h2-10H,1H3,(H,16,17,18). The van der Waals surface area contributed by atoms with Crippen molar-refractivity contribution in [2.75, 3.05) is 0 Å². The zero-order chi connectivity index (χ0) is 12.4. The van der Waals surface area contributed by atoms with E-state index in [0.717, 1.165) is 17.0 Å². The van der Waals surface area contributed by atoms with E-state index in [1.54, 1.807) is 0 Å². The maximum Gasteiger partial charge on any atom is 0.156 e. The van der Waals surface area contributed by atoms with Crippen LogP contribution in [0.2, 0.25) is 0 Å². The number of nitrogens with zero attached hydrogens (tertiary/aromatic N) is 2. The van der Waals surface area contributed by atoms with Crippen LogP contribution < -0.4 is 0 Å². The third-order valence-corrected chi connectivity index (χ3v) is 2.96. The quantitative estimate of drug-likeness (QED) is 0.739. The second-order valence-electron chi connectivity index (χ2n) is 4.25. The predicted octanol–water partition coefficient (Wildman–Crippen LogP) is 3.45. The molecule has 2 aromatic carbocycles. The van der Waals surface area contributed by atoms with E-state index in [-0.39, 0.29) is 0 Å². The van der Waals surface area contributed by atoms with Gasteiger partial charge in [0.25, 0.3) is 0 Å². The fourth-order valence-corrected chi connectivity index (χ4v) is 2.01. The summed E-state index contributed by atoms with van der Waals surface area (Å²) >= 11 is 0. The first-order valence-corrected chi connectivity index (χ1v) is 5.86. The minimum atomic E-state index is 0.797. The Morgan fingerprint density at radius 2 is 1.61 bits per heavy atom. The predicted molar refractivity (Wildman–Crippen MR) is 72.0 cm³/mol. The largest absolute Gasteiger partial charge is 0.259 e. The third-order valence-electron chi connectivity index (χ3n) is 2.96. The first kappa shape index (κ1) is 10.7. The number of benzene rings is 2. The van der Waals surface area contributed by atoms with Gasteiger partial charge in [0.05, 0.1) is 0 Å². The summed E-state index contributed by atoms with van der Waals surface area (Å²) < 4.78 is 0. The second-order valence-corrected chi connectivity index (χ2v) is 4.25. The van der Waals surface area contributed by atoms with Crippen molar-refractivity contribution in [3.8, 4) is 22.5 Å². The molecule has 0 radical (unpaired) electrons. The number of nitrogens with one attached hydrogen (secondary N) is 1. The summed E-state index contributed by atoms with van der Waals surface area (Å²) in [6, 6.07) is 16.7. The van der Waals surface area contributed by atoms with Crippen molar-refractivity contribution in [1.82, 2.24) is 15.2 Å². The molecule has 0 unspecified atom stereocenters. The lowest BCUT2D eigenvalue weighted by molar-refractivity contribution is 1.10. The molecule has 1 N–H and O–H groups in total. The van der Waals surface area contributed by atoms with Crippen LogP contribution in [0.15, 0.2) is 54.9 Å². The molecular formula is C15H13N3. The average Bonchev–Trinajstić information content (AvgIpc) is 2.93. The van der Waals surface area contributed by atoms with Crippen LogP contribution in [0.4, 0.5) is 0 Å². The highest BCUT2D eigenvalue weighted by atomic mass is 15.2. The number of aryl methyl sites for hydroxylation is 1. The molecule has 3 heteroatoms. The van der Waals surface area contributed by atoms with Crippen LogP contribution in [-0.4, -0.2) is 15.2 Å². The molecule has 0 aliphatic heterocycles. The summed E-state index contributed by atoms with van der Waals surface area (Å²) in [5, 5.41) is 6.83. The number of hydrogen-bond acceptors (Lipinski definition) is 2. The van der Waals surface area contributed by atoms with Gasteiger partial charge >= 0.3 is 0 Å². The summed E-state index contributed by atoms with van der Waals surface area (Å²) in [5.41, 5.74) is 4.68. The molecule has 3 nitrogen and oxygen atoms in total. The molecule has 0 spiro atoms. The fraction of sp³-hybridized carbons (Fsp3) is 0.0667. The van der Waals surface area contributed by atoms with Gasteiger partial charge in [-0.15, -0.1) is 0 Å². The topological polar surface area (TPSA) is 41.6 Å². The monoisotopic (exact) mass is 235 g/mol. The Labute approximate surface area is 106 Å².